The van der Waals surface area contributed by atoms with Gasteiger partial charge < -0.3 is 10.6 Å². The van der Waals surface area contributed by atoms with Gasteiger partial charge in [0, 0.05) is 23.2 Å². The molecule has 1 aromatic carbocycles. The Morgan fingerprint density at radius 1 is 1.43 bits per heavy atom. The van der Waals surface area contributed by atoms with Crippen LogP contribution in [-0.4, -0.2) is 40.0 Å². The third-order valence-electron chi connectivity index (χ3n) is 2.95. The van der Waals surface area contributed by atoms with Crippen LogP contribution in [0.4, 0.5) is 4.39 Å². The molecule has 0 bridgehead atoms. The second-order valence-corrected chi connectivity index (χ2v) is 7.31. The molecule has 120 valence electrons. The van der Waals surface area contributed by atoms with Gasteiger partial charge in [-0.25, -0.2) is 17.5 Å². The minimum atomic E-state index is -3.98. The Hall–Kier alpha value is -0.730. The molecule has 0 aliphatic heterocycles. The Kier molecular flexibility index (Phi) is 6.55. The Morgan fingerprint density at radius 3 is 2.57 bits per heavy atom. The fourth-order valence-corrected chi connectivity index (χ4v) is 3.53. The monoisotopic (exact) mass is 337 g/mol. The van der Waals surface area contributed by atoms with Gasteiger partial charge in [0.15, 0.2) is 0 Å². The van der Waals surface area contributed by atoms with Gasteiger partial charge in [-0.1, -0.05) is 11.6 Å². The van der Waals surface area contributed by atoms with Crippen molar-refractivity contribution in [2.75, 3.05) is 20.6 Å². The van der Waals surface area contributed by atoms with Crippen LogP contribution in [0.2, 0.25) is 5.02 Å². The first-order valence-corrected chi connectivity index (χ1v) is 8.38. The quantitative estimate of drug-likeness (QED) is 0.791. The second kappa shape index (κ2) is 7.51. The van der Waals surface area contributed by atoms with Crippen LogP contribution >= 0.6 is 11.6 Å². The molecule has 0 radical (unpaired) electrons. The molecule has 1 unspecified atom stereocenters. The van der Waals surface area contributed by atoms with Gasteiger partial charge in [0.2, 0.25) is 10.0 Å². The molecule has 1 rings (SSSR count). The smallest absolute Gasteiger partial charge is 0.243 e. The maximum Gasteiger partial charge on any atom is 0.243 e. The summed E-state index contributed by atoms with van der Waals surface area (Å²) >= 11 is 5.82. The van der Waals surface area contributed by atoms with Crippen LogP contribution in [0, 0.1) is 5.82 Å². The van der Waals surface area contributed by atoms with Crippen molar-refractivity contribution >= 4 is 21.6 Å². The van der Waals surface area contributed by atoms with Gasteiger partial charge >= 0.3 is 0 Å². The molecule has 3 N–H and O–H groups in total. The first-order valence-electron chi connectivity index (χ1n) is 6.52. The lowest BCUT2D eigenvalue weighted by molar-refractivity contribution is 0.378. The standard InChI is InChI=1S/C13H21ClFN3O2S/c1-9(4-5-18(2)3)17-21(19,20)12-7-11(14)6-10(8-16)13(12)15/h6-7,9,17H,4-5,8,16H2,1-3H3. The van der Waals surface area contributed by atoms with Gasteiger partial charge in [-0.15, -0.1) is 0 Å². The number of nitrogens with two attached hydrogens (primary N) is 1. The van der Waals surface area contributed by atoms with E-state index < -0.39 is 20.7 Å². The lowest BCUT2D eigenvalue weighted by Crippen LogP contribution is -2.35. The summed E-state index contributed by atoms with van der Waals surface area (Å²) in [4.78, 5) is 1.48. The maximum atomic E-state index is 14.1. The summed E-state index contributed by atoms with van der Waals surface area (Å²) in [6.07, 6.45) is 0.609. The number of nitrogens with one attached hydrogen (secondary N) is 1. The molecule has 21 heavy (non-hydrogen) atoms. The Bertz CT molecular complexity index is 593. The molecule has 0 aliphatic carbocycles. The Labute approximate surface area is 130 Å². The van der Waals surface area contributed by atoms with Gasteiger partial charge in [-0.05, 0) is 46.1 Å². The molecule has 0 aliphatic rings. The van der Waals surface area contributed by atoms with E-state index in [-0.39, 0.29) is 23.2 Å². The van der Waals surface area contributed by atoms with E-state index in [1.165, 1.54) is 6.07 Å². The highest BCUT2D eigenvalue weighted by Crippen LogP contribution is 2.23. The molecule has 1 aromatic rings. The Morgan fingerprint density at radius 2 is 2.05 bits per heavy atom. The summed E-state index contributed by atoms with van der Waals surface area (Å²) in [6, 6.07) is 2.10. The molecule has 8 heteroatoms. The molecular weight excluding hydrogens is 317 g/mol. The summed E-state index contributed by atoms with van der Waals surface area (Å²) in [6.45, 7) is 2.33. The minimum Gasteiger partial charge on any atom is -0.326 e. The van der Waals surface area contributed by atoms with Crippen molar-refractivity contribution in [1.82, 2.24) is 9.62 Å². The zero-order chi connectivity index (χ0) is 16.2. The molecule has 0 saturated carbocycles. The van der Waals surface area contributed by atoms with Crippen molar-refractivity contribution in [3.63, 3.8) is 0 Å². The van der Waals surface area contributed by atoms with E-state index >= 15 is 0 Å². The second-order valence-electron chi connectivity index (χ2n) is 5.20. The average Bonchev–Trinajstić information content (AvgIpc) is 2.38. The number of rotatable bonds is 7. The molecule has 0 amide bonds. The van der Waals surface area contributed by atoms with Crippen LogP contribution < -0.4 is 10.5 Å². The van der Waals surface area contributed by atoms with Crippen LogP contribution in [-0.2, 0) is 16.6 Å². The van der Waals surface area contributed by atoms with Crippen molar-refractivity contribution in [3.05, 3.63) is 28.5 Å². The molecular formula is C13H21ClFN3O2S. The Balaban J connectivity index is 3.00. The van der Waals surface area contributed by atoms with Crippen LogP contribution in [0.3, 0.4) is 0 Å². The van der Waals surface area contributed by atoms with Crippen molar-refractivity contribution in [3.8, 4) is 0 Å². The molecule has 0 aromatic heterocycles. The van der Waals surface area contributed by atoms with Gasteiger partial charge in [-0.3, -0.25) is 0 Å². The number of hydrogen-bond acceptors (Lipinski definition) is 4. The highest BCUT2D eigenvalue weighted by molar-refractivity contribution is 7.89. The third kappa shape index (κ3) is 5.19. The normalized spacial score (nSPS) is 13.7. The number of sulfonamides is 1. The summed E-state index contributed by atoms with van der Waals surface area (Å²) in [5.74, 6) is -0.853. The van der Waals surface area contributed by atoms with Crippen molar-refractivity contribution in [1.29, 1.82) is 0 Å². The van der Waals surface area contributed by atoms with Crippen molar-refractivity contribution in [2.45, 2.75) is 30.8 Å². The molecule has 5 nitrogen and oxygen atoms in total. The first-order chi connectivity index (χ1) is 9.67. The SMILES string of the molecule is CC(CCN(C)C)NS(=O)(=O)c1cc(Cl)cc(CN)c1F. The van der Waals surface area contributed by atoms with Gasteiger partial charge in [0.25, 0.3) is 0 Å². The lowest BCUT2D eigenvalue weighted by atomic mass is 10.2. The van der Waals surface area contributed by atoms with E-state index in [4.69, 9.17) is 17.3 Å². The van der Waals surface area contributed by atoms with Crippen LogP contribution in [0.1, 0.15) is 18.9 Å². The highest BCUT2D eigenvalue weighted by atomic mass is 35.5. The van der Waals surface area contributed by atoms with Crippen molar-refractivity contribution < 1.29 is 12.8 Å². The number of nitrogens with zero attached hydrogens (tertiary/aromatic N) is 1. The maximum absolute atomic E-state index is 14.1. The van der Waals surface area contributed by atoms with Gasteiger partial charge in [-0.2, -0.15) is 0 Å². The molecule has 0 saturated heterocycles. The summed E-state index contributed by atoms with van der Waals surface area (Å²) in [5.41, 5.74) is 5.47. The third-order valence-corrected chi connectivity index (χ3v) is 4.76. The summed E-state index contributed by atoms with van der Waals surface area (Å²) in [5, 5.41) is 0.137. The zero-order valence-electron chi connectivity index (χ0n) is 12.4. The zero-order valence-corrected chi connectivity index (χ0v) is 13.9. The predicted octanol–water partition coefficient (Wildman–Crippen LogP) is 1.56. The predicted molar refractivity (Wildman–Crippen MR) is 82.3 cm³/mol. The van der Waals surface area contributed by atoms with Crippen LogP contribution in [0.15, 0.2) is 17.0 Å². The molecule has 0 spiro atoms. The molecule has 1 atom stereocenters. The van der Waals surface area contributed by atoms with Gasteiger partial charge in [0.05, 0.1) is 0 Å². The van der Waals surface area contributed by atoms with Crippen molar-refractivity contribution in [2.24, 2.45) is 5.73 Å². The van der Waals surface area contributed by atoms with E-state index in [2.05, 4.69) is 4.72 Å². The average molecular weight is 338 g/mol. The van der Waals surface area contributed by atoms with E-state index in [9.17, 15) is 12.8 Å². The topological polar surface area (TPSA) is 75.4 Å². The number of halogens is 2. The number of hydrogen-bond donors (Lipinski definition) is 2. The van der Waals surface area contributed by atoms with Crippen LogP contribution in [0.5, 0.6) is 0 Å². The lowest BCUT2D eigenvalue weighted by Gasteiger charge is -2.17. The van der Waals surface area contributed by atoms with Crippen LogP contribution in [0.25, 0.3) is 0 Å². The highest BCUT2D eigenvalue weighted by Gasteiger charge is 2.23. The molecule has 0 heterocycles. The summed E-state index contributed by atoms with van der Waals surface area (Å²) < 4.78 is 41.1. The van der Waals surface area contributed by atoms with E-state index in [0.29, 0.717) is 6.42 Å². The number of benzene rings is 1. The van der Waals surface area contributed by atoms with Gasteiger partial charge in [0.1, 0.15) is 10.7 Å². The molecule has 0 fully saturated rings. The van der Waals surface area contributed by atoms with E-state index in [0.717, 1.165) is 12.6 Å². The largest absolute Gasteiger partial charge is 0.326 e. The fraction of sp³-hybridized carbons (Fsp3) is 0.538. The van der Waals surface area contributed by atoms with E-state index in [1.807, 2.05) is 19.0 Å². The summed E-state index contributed by atoms with van der Waals surface area (Å²) in [7, 11) is -0.188. The fourth-order valence-electron chi connectivity index (χ4n) is 1.80. The minimum absolute atomic E-state index is 0.0730. The van der Waals surface area contributed by atoms with E-state index in [1.54, 1.807) is 6.92 Å². The first kappa shape index (κ1) is 18.3.